The number of carbonyl (C=O) groups excluding carboxylic acids is 1. The van der Waals surface area contributed by atoms with Crippen molar-refractivity contribution in [1.29, 1.82) is 5.26 Å². The molecule has 0 aliphatic carbocycles. The largest absolute Gasteiger partial charge is 0.493 e. The highest BCUT2D eigenvalue weighted by atomic mass is 19.1. The second kappa shape index (κ2) is 10.6. The molecule has 1 N–H and O–H groups in total. The van der Waals surface area contributed by atoms with Crippen LogP contribution >= 0.6 is 0 Å². The molecule has 1 aliphatic rings. The van der Waals surface area contributed by atoms with E-state index in [-0.39, 0.29) is 23.1 Å². The summed E-state index contributed by atoms with van der Waals surface area (Å²) < 4.78 is 66.1. The fourth-order valence-electron chi connectivity index (χ4n) is 4.08. The van der Waals surface area contributed by atoms with Crippen molar-refractivity contribution in [2.45, 2.75) is 18.9 Å². The summed E-state index contributed by atoms with van der Waals surface area (Å²) in [6.45, 7) is 0.916. The maximum absolute atomic E-state index is 14.4. The summed E-state index contributed by atoms with van der Waals surface area (Å²) in [7, 11) is 1.13. The SMILES string of the molecule is COc1c(F)ccc(F)c1C(=O)Nc1cc(C#N)ccc1N1CCC(Oc2ccc(F)cc2F)CC1. The van der Waals surface area contributed by atoms with Gasteiger partial charge in [0, 0.05) is 32.0 Å². The van der Waals surface area contributed by atoms with Gasteiger partial charge >= 0.3 is 0 Å². The lowest BCUT2D eigenvalue weighted by atomic mass is 10.0. The van der Waals surface area contributed by atoms with Crippen LogP contribution in [0.4, 0.5) is 28.9 Å². The van der Waals surface area contributed by atoms with E-state index >= 15 is 0 Å². The van der Waals surface area contributed by atoms with Gasteiger partial charge in [0.15, 0.2) is 23.1 Å². The van der Waals surface area contributed by atoms with Crippen LogP contribution in [0.25, 0.3) is 0 Å². The molecule has 6 nitrogen and oxygen atoms in total. The molecule has 186 valence electrons. The number of carbonyl (C=O) groups is 1. The molecular formula is C26H21F4N3O3. The molecule has 0 saturated carbocycles. The number of piperidine rings is 1. The van der Waals surface area contributed by atoms with E-state index in [1.54, 1.807) is 12.1 Å². The molecule has 10 heteroatoms. The van der Waals surface area contributed by atoms with Gasteiger partial charge in [0.2, 0.25) is 0 Å². The maximum Gasteiger partial charge on any atom is 0.262 e. The van der Waals surface area contributed by atoms with E-state index in [0.29, 0.717) is 31.6 Å². The van der Waals surface area contributed by atoms with E-state index in [1.165, 1.54) is 12.1 Å². The van der Waals surface area contributed by atoms with Gasteiger partial charge in [-0.05, 0) is 42.5 Å². The third-order valence-corrected chi connectivity index (χ3v) is 5.83. The fraction of sp³-hybridized carbons (Fsp3) is 0.231. The van der Waals surface area contributed by atoms with Crippen LogP contribution in [0.1, 0.15) is 28.8 Å². The first-order valence-electron chi connectivity index (χ1n) is 11.0. The number of anilines is 2. The van der Waals surface area contributed by atoms with Gasteiger partial charge in [-0.25, -0.2) is 17.6 Å². The number of ether oxygens (including phenoxy) is 2. The van der Waals surface area contributed by atoms with E-state index in [2.05, 4.69) is 5.32 Å². The minimum absolute atomic E-state index is 0.0350. The van der Waals surface area contributed by atoms with Crippen molar-refractivity contribution in [2.75, 3.05) is 30.4 Å². The van der Waals surface area contributed by atoms with Crippen LogP contribution in [0, 0.1) is 34.6 Å². The molecule has 0 unspecified atom stereocenters. The van der Waals surface area contributed by atoms with Gasteiger partial charge in [-0.2, -0.15) is 5.26 Å². The van der Waals surface area contributed by atoms with Gasteiger partial charge in [-0.3, -0.25) is 4.79 Å². The van der Waals surface area contributed by atoms with E-state index in [9.17, 15) is 27.6 Å². The van der Waals surface area contributed by atoms with Crippen LogP contribution in [-0.4, -0.2) is 32.2 Å². The molecule has 1 aliphatic heterocycles. The molecule has 1 saturated heterocycles. The Hall–Kier alpha value is -4.26. The molecule has 1 fully saturated rings. The summed E-state index contributed by atoms with van der Waals surface area (Å²) in [6, 6.07) is 11.4. The molecule has 3 aromatic rings. The van der Waals surface area contributed by atoms with Crippen LogP contribution in [0.3, 0.4) is 0 Å². The standard InChI is InChI=1S/C26H21F4N3O3/c1-35-25-19(29)5-4-18(28)24(25)26(34)32-21-12-15(14-31)2-6-22(21)33-10-8-17(9-11-33)36-23-7-3-16(27)13-20(23)30/h2-7,12-13,17H,8-11H2,1H3,(H,32,34). The molecule has 0 spiro atoms. The number of hydrogen-bond donors (Lipinski definition) is 1. The highest BCUT2D eigenvalue weighted by Gasteiger charge is 2.26. The third-order valence-electron chi connectivity index (χ3n) is 5.83. The number of halogens is 4. The Balaban J connectivity index is 1.53. The maximum atomic E-state index is 14.4. The molecule has 1 amide bonds. The van der Waals surface area contributed by atoms with Crippen molar-refractivity contribution in [1.82, 2.24) is 0 Å². The smallest absolute Gasteiger partial charge is 0.262 e. The van der Waals surface area contributed by atoms with Gasteiger partial charge in [-0.1, -0.05) is 0 Å². The first-order chi connectivity index (χ1) is 17.3. The van der Waals surface area contributed by atoms with Gasteiger partial charge in [-0.15, -0.1) is 0 Å². The predicted molar refractivity (Wildman–Crippen MR) is 124 cm³/mol. The summed E-state index contributed by atoms with van der Waals surface area (Å²) in [5.74, 6) is -4.84. The molecular weight excluding hydrogens is 478 g/mol. The van der Waals surface area contributed by atoms with E-state index in [0.717, 1.165) is 31.4 Å². The van der Waals surface area contributed by atoms with Crippen LogP contribution in [-0.2, 0) is 0 Å². The number of nitrogens with one attached hydrogen (secondary N) is 1. The van der Waals surface area contributed by atoms with Gasteiger partial charge < -0.3 is 19.7 Å². The summed E-state index contributed by atoms with van der Waals surface area (Å²) in [4.78, 5) is 14.9. The first kappa shape index (κ1) is 24.9. The average molecular weight is 499 g/mol. The zero-order chi connectivity index (χ0) is 25.8. The summed E-state index contributed by atoms with van der Waals surface area (Å²) in [5.41, 5.74) is 0.447. The Morgan fingerprint density at radius 3 is 2.39 bits per heavy atom. The van der Waals surface area contributed by atoms with Crippen LogP contribution < -0.4 is 19.7 Å². The number of amides is 1. The number of hydrogen-bond acceptors (Lipinski definition) is 5. The van der Waals surface area contributed by atoms with Crippen LogP contribution in [0.15, 0.2) is 48.5 Å². The van der Waals surface area contributed by atoms with Gasteiger partial charge in [0.1, 0.15) is 23.3 Å². The summed E-state index contributed by atoms with van der Waals surface area (Å²) >= 11 is 0. The summed E-state index contributed by atoms with van der Waals surface area (Å²) in [6.07, 6.45) is 0.677. The van der Waals surface area contributed by atoms with E-state index in [1.807, 2.05) is 11.0 Å². The number of nitriles is 1. The molecule has 3 aromatic carbocycles. The fourth-order valence-corrected chi connectivity index (χ4v) is 4.08. The van der Waals surface area contributed by atoms with Crippen LogP contribution in [0.5, 0.6) is 11.5 Å². The van der Waals surface area contributed by atoms with Gasteiger partial charge in [0.05, 0.1) is 30.1 Å². The monoisotopic (exact) mass is 499 g/mol. The van der Waals surface area contributed by atoms with Crippen molar-refractivity contribution in [3.8, 4) is 17.6 Å². The Kier molecular flexibility index (Phi) is 7.29. The van der Waals surface area contributed by atoms with E-state index in [4.69, 9.17) is 9.47 Å². The third kappa shape index (κ3) is 5.20. The zero-order valence-corrected chi connectivity index (χ0v) is 19.2. The topological polar surface area (TPSA) is 74.6 Å². The number of benzene rings is 3. The molecule has 4 rings (SSSR count). The minimum atomic E-state index is -0.963. The molecule has 1 heterocycles. The van der Waals surface area contributed by atoms with Crippen molar-refractivity contribution in [3.05, 3.63) is 82.9 Å². The van der Waals surface area contributed by atoms with E-state index < -0.39 is 40.5 Å². The first-order valence-corrected chi connectivity index (χ1v) is 11.0. The van der Waals surface area contributed by atoms with Crippen molar-refractivity contribution >= 4 is 17.3 Å². The second-order valence-electron chi connectivity index (χ2n) is 8.11. The Morgan fingerprint density at radius 2 is 1.72 bits per heavy atom. The second-order valence-corrected chi connectivity index (χ2v) is 8.11. The average Bonchev–Trinajstić information content (AvgIpc) is 2.87. The molecule has 36 heavy (non-hydrogen) atoms. The molecule has 0 bridgehead atoms. The van der Waals surface area contributed by atoms with Crippen molar-refractivity contribution in [2.24, 2.45) is 0 Å². The summed E-state index contributed by atoms with van der Waals surface area (Å²) in [5, 5.41) is 11.9. The Bertz CT molecular complexity index is 1330. The lowest BCUT2D eigenvalue weighted by molar-refractivity contribution is 0.101. The van der Waals surface area contributed by atoms with Crippen molar-refractivity contribution < 1.29 is 31.8 Å². The number of methoxy groups -OCH3 is 1. The predicted octanol–water partition coefficient (Wildman–Crippen LogP) is 5.42. The highest BCUT2D eigenvalue weighted by Crippen LogP contribution is 2.33. The zero-order valence-electron chi connectivity index (χ0n) is 19.2. The molecule has 0 radical (unpaired) electrons. The normalized spacial score (nSPS) is 13.7. The Morgan fingerprint density at radius 1 is 1.00 bits per heavy atom. The lowest BCUT2D eigenvalue weighted by Gasteiger charge is -2.35. The molecule has 0 aromatic heterocycles. The number of nitrogens with zero attached hydrogens (tertiary/aromatic N) is 2. The minimum Gasteiger partial charge on any atom is -0.493 e. The lowest BCUT2D eigenvalue weighted by Crippen LogP contribution is -2.38. The number of rotatable bonds is 6. The quantitative estimate of drug-likeness (QED) is 0.459. The molecule has 0 atom stereocenters. The van der Waals surface area contributed by atoms with Crippen molar-refractivity contribution in [3.63, 3.8) is 0 Å². The van der Waals surface area contributed by atoms with Crippen LogP contribution in [0.2, 0.25) is 0 Å². The van der Waals surface area contributed by atoms with Gasteiger partial charge in [0.25, 0.3) is 5.91 Å². The highest BCUT2D eigenvalue weighted by molar-refractivity contribution is 6.08. The Labute approximate surface area is 204 Å².